The van der Waals surface area contributed by atoms with Crippen LogP contribution < -0.4 is 11.1 Å². The molecule has 2 rings (SSSR count). The zero-order valence-corrected chi connectivity index (χ0v) is 10.2. The lowest BCUT2D eigenvalue weighted by Gasteiger charge is -2.50. The minimum atomic E-state index is 0.150. The maximum atomic E-state index is 5.98. The lowest BCUT2D eigenvalue weighted by Crippen LogP contribution is -2.61. The van der Waals surface area contributed by atoms with Gasteiger partial charge in [-0.25, -0.2) is 9.97 Å². The first kappa shape index (κ1) is 11.3. The zero-order chi connectivity index (χ0) is 11.8. The van der Waals surface area contributed by atoms with Gasteiger partial charge >= 0.3 is 0 Å². The largest absolute Gasteiger partial charge is 0.367 e. The molecule has 4 heteroatoms. The van der Waals surface area contributed by atoms with E-state index in [0.29, 0.717) is 6.04 Å². The van der Waals surface area contributed by atoms with Crippen LogP contribution in [0, 0.1) is 5.41 Å². The van der Waals surface area contributed by atoms with Crippen molar-refractivity contribution in [2.75, 3.05) is 5.32 Å². The van der Waals surface area contributed by atoms with E-state index in [0.717, 1.165) is 24.4 Å². The summed E-state index contributed by atoms with van der Waals surface area (Å²) < 4.78 is 0. The first-order chi connectivity index (χ1) is 7.54. The van der Waals surface area contributed by atoms with E-state index < -0.39 is 0 Å². The topological polar surface area (TPSA) is 63.8 Å². The highest BCUT2D eigenvalue weighted by Crippen LogP contribution is 2.40. The first-order valence-corrected chi connectivity index (χ1v) is 5.87. The summed E-state index contributed by atoms with van der Waals surface area (Å²) in [5, 5.41) is 3.44. The van der Waals surface area contributed by atoms with Gasteiger partial charge in [-0.3, -0.25) is 0 Å². The quantitative estimate of drug-likeness (QED) is 0.811. The van der Waals surface area contributed by atoms with Gasteiger partial charge in [0.25, 0.3) is 0 Å². The maximum Gasteiger partial charge on any atom is 0.129 e. The van der Waals surface area contributed by atoms with Crippen molar-refractivity contribution in [1.29, 1.82) is 0 Å². The second kappa shape index (κ2) is 4.01. The van der Waals surface area contributed by atoms with Gasteiger partial charge in [0.15, 0.2) is 0 Å². The summed E-state index contributed by atoms with van der Waals surface area (Å²) >= 11 is 0. The van der Waals surface area contributed by atoms with Gasteiger partial charge in [0, 0.05) is 29.3 Å². The molecule has 0 aromatic carbocycles. The van der Waals surface area contributed by atoms with Crippen LogP contribution in [-0.4, -0.2) is 22.1 Å². The summed E-state index contributed by atoms with van der Waals surface area (Å²) in [5.74, 6) is 0.914. The molecular formula is C12H20N4. The number of nitrogens with zero attached hydrogens (tertiary/aromatic N) is 2. The van der Waals surface area contributed by atoms with Crippen molar-refractivity contribution in [2.45, 2.75) is 45.7 Å². The van der Waals surface area contributed by atoms with E-state index in [2.05, 4.69) is 36.1 Å². The van der Waals surface area contributed by atoms with Gasteiger partial charge < -0.3 is 11.1 Å². The summed E-state index contributed by atoms with van der Waals surface area (Å²) in [5.41, 5.74) is 7.20. The minimum absolute atomic E-state index is 0.150. The second-order valence-corrected chi connectivity index (χ2v) is 5.11. The van der Waals surface area contributed by atoms with Crippen molar-refractivity contribution in [3.63, 3.8) is 0 Å². The molecule has 0 amide bonds. The van der Waals surface area contributed by atoms with Crippen LogP contribution in [0.5, 0.6) is 0 Å². The number of hydrogen-bond acceptors (Lipinski definition) is 4. The van der Waals surface area contributed by atoms with Gasteiger partial charge in [0.05, 0.1) is 0 Å². The Bertz CT molecular complexity index is 375. The first-order valence-electron chi connectivity index (χ1n) is 5.87. The van der Waals surface area contributed by atoms with Gasteiger partial charge in [-0.05, 0) is 12.8 Å². The number of aromatic nitrogens is 2. The Morgan fingerprint density at radius 2 is 2.25 bits per heavy atom. The van der Waals surface area contributed by atoms with E-state index in [1.165, 1.54) is 0 Å². The Morgan fingerprint density at radius 3 is 2.81 bits per heavy atom. The molecule has 0 saturated heterocycles. The average molecular weight is 220 g/mol. The smallest absolute Gasteiger partial charge is 0.129 e. The molecule has 1 fully saturated rings. The third-order valence-electron chi connectivity index (χ3n) is 3.75. The third kappa shape index (κ3) is 1.89. The number of rotatable bonds is 3. The van der Waals surface area contributed by atoms with E-state index >= 15 is 0 Å². The minimum Gasteiger partial charge on any atom is -0.367 e. The SMILES string of the molecule is CCc1cc(NC2CC(N)C2(C)C)ncn1. The van der Waals surface area contributed by atoms with Gasteiger partial charge in [0.2, 0.25) is 0 Å². The molecule has 1 heterocycles. The average Bonchev–Trinajstić information content (AvgIpc) is 2.29. The van der Waals surface area contributed by atoms with Crippen molar-refractivity contribution in [1.82, 2.24) is 9.97 Å². The highest BCUT2D eigenvalue weighted by atomic mass is 15.1. The van der Waals surface area contributed by atoms with Gasteiger partial charge in [-0.2, -0.15) is 0 Å². The molecule has 1 aliphatic carbocycles. The molecule has 88 valence electrons. The Hall–Kier alpha value is -1.16. The molecule has 3 N–H and O–H groups in total. The van der Waals surface area contributed by atoms with Crippen molar-refractivity contribution >= 4 is 5.82 Å². The number of nitrogens with one attached hydrogen (secondary N) is 1. The normalized spacial score (nSPS) is 27.2. The molecule has 4 nitrogen and oxygen atoms in total. The zero-order valence-electron chi connectivity index (χ0n) is 10.2. The number of anilines is 1. The molecule has 0 radical (unpaired) electrons. The van der Waals surface area contributed by atoms with Crippen molar-refractivity contribution in [2.24, 2.45) is 11.1 Å². The standard InChI is InChI=1S/C12H20N4/c1-4-8-5-11(15-7-14-8)16-10-6-9(13)12(10,2)3/h5,7,9-10H,4,6,13H2,1-3H3,(H,14,15,16). The summed E-state index contributed by atoms with van der Waals surface area (Å²) in [6, 6.07) is 2.72. The Balaban J connectivity index is 2.05. The maximum absolute atomic E-state index is 5.98. The summed E-state index contributed by atoms with van der Waals surface area (Å²) in [6.07, 6.45) is 3.57. The van der Waals surface area contributed by atoms with E-state index in [-0.39, 0.29) is 11.5 Å². The monoisotopic (exact) mass is 220 g/mol. The summed E-state index contributed by atoms with van der Waals surface area (Å²) in [7, 11) is 0. The second-order valence-electron chi connectivity index (χ2n) is 5.11. The van der Waals surface area contributed by atoms with E-state index in [4.69, 9.17) is 5.73 Å². The van der Waals surface area contributed by atoms with Crippen LogP contribution in [0.3, 0.4) is 0 Å². The molecule has 1 aromatic rings. The lowest BCUT2D eigenvalue weighted by molar-refractivity contribution is 0.117. The fourth-order valence-corrected chi connectivity index (χ4v) is 2.05. The molecule has 0 aliphatic heterocycles. The molecule has 1 saturated carbocycles. The van der Waals surface area contributed by atoms with Crippen LogP contribution in [0.15, 0.2) is 12.4 Å². The van der Waals surface area contributed by atoms with E-state index in [1.807, 2.05) is 6.07 Å². The molecule has 0 bridgehead atoms. The molecule has 1 aromatic heterocycles. The van der Waals surface area contributed by atoms with Gasteiger partial charge in [-0.1, -0.05) is 20.8 Å². The Labute approximate surface area is 96.7 Å². The fourth-order valence-electron chi connectivity index (χ4n) is 2.05. The summed E-state index contributed by atoms with van der Waals surface area (Å²) in [6.45, 7) is 6.48. The predicted octanol–water partition coefficient (Wildman–Crippen LogP) is 1.58. The molecule has 0 spiro atoms. The molecule has 1 aliphatic rings. The third-order valence-corrected chi connectivity index (χ3v) is 3.75. The van der Waals surface area contributed by atoms with E-state index in [9.17, 15) is 0 Å². The number of aryl methyl sites for hydroxylation is 1. The Morgan fingerprint density at radius 1 is 1.50 bits per heavy atom. The molecular weight excluding hydrogens is 200 g/mol. The van der Waals surface area contributed by atoms with Crippen LogP contribution in [0.4, 0.5) is 5.82 Å². The van der Waals surface area contributed by atoms with Crippen molar-refractivity contribution < 1.29 is 0 Å². The van der Waals surface area contributed by atoms with Crippen LogP contribution in [0.25, 0.3) is 0 Å². The fraction of sp³-hybridized carbons (Fsp3) is 0.667. The number of nitrogens with two attached hydrogens (primary N) is 1. The van der Waals surface area contributed by atoms with Crippen LogP contribution >= 0.6 is 0 Å². The van der Waals surface area contributed by atoms with Crippen molar-refractivity contribution in [3.8, 4) is 0 Å². The molecule has 2 atom stereocenters. The van der Waals surface area contributed by atoms with Crippen LogP contribution in [0.2, 0.25) is 0 Å². The highest BCUT2D eigenvalue weighted by Gasteiger charge is 2.46. The molecule has 2 unspecified atom stereocenters. The van der Waals surface area contributed by atoms with Crippen LogP contribution in [0.1, 0.15) is 32.9 Å². The lowest BCUT2D eigenvalue weighted by atomic mass is 9.63. The predicted molar refractivity (Wildman–Crippen MR) is 65.2 cm³/mol. The van der Waals surface area contributed by atoms with Crippen LogP contribution in [-0.2, 0) is 6.42 Å². The van der Waals surface area contributed by atoms with Gasteiger partial charge in [-0.15, -0.1) is 0 Å². The highest BCUT2D eigenvalue weighted by molar-refractivity contribution is 5.38. The molecule has 16 heavy (non-hydrogen) atoms. The van der Waals surface area contributed by atoms with Crippen molar-refractivity contribution in [3.05, 3.63) is 18.1 Å². The Kier molecular flexibility index (Phi) is 2.84. The number of hydrogen-bond donors (Lipinski definition) is 2. The van der Waals surface area contributed by atoms with Gasteiger partial charge in [0.1, 0.15) is 12.1 Å². The van der Waals surface area contributed by atoms with E-state index in [1.54, 1.807) is 6.33 Å². The summed E-state index contributed by atoms with van der Waals surface area (Å²) in [4.78, 5) is 8.42.